The van der Waals surface area contributed by atoms with Crippen LogP contribution in [0.4, 0.5) is 0 Å². The first-order valence-corrected chi connectivity index (χ1v) is 3.30. The summed E-state index contributed by atoms with van der Waals surface area (Å²) in [6.07, 6.45) is 0. The molecular formula is C6H10N2O3. The van der Waals surface area contributed by atoms with Gasteiger partial charge in [-0.25, -0.2) is 5.06 Å². The third kappa shape index (κ3) is 1.19. The molecule has 1 N–H and O–H groups in total. The molecular weight excluding hydrogens is 148 g/mol. The number of carbonyl (C=O) groups excluding carboxylic acids is 2. The summed E-state index contributed by atoms with van der Waals surface area (Å²) in [5.41, 5.74) is 0. The highest BCUT2D eigenvalue weighted by Gasteiger charge is 2.33. The van der Waals surface area contributed by atoms with E-state index in [-0.39, 0.29) is 12.5 Å². The van der Waals surface area contributed by atoms with Crippen LogP contribution in [0.3, 0.4) is 0 Å². The zero-order valence-corrected chi connectivity index (χ0v) is 6.44. The highest BCUT2D eigenvalue weighted by Crippen LogP contribution is 2.07. The molecule has 0 aromatic heterocycles. The number of amides is 2. The molecule has 5 nitrogen and oxygen atoms in total. The minimum absolute atomic E-state index is 0.236. The van der Waals surface area contributed by atoms with Crippen LogP contribution in [0.2, 0.25) is 0 Å². The van der Waals surface area contributed by atoms with E-state index in [1.165, 1.54) is 11.9 Å². The Hall–Kier alpha value is -1.10. The fraction of sp³-hybridized carbons (Fsp3) is 0.667. The van der Waals surface area contributed by atoms with E-state index >= 15 is 0 Å². The molecule has 1 saturated heterocycles. The van der Waals surface area contributed by atoms with Crippen molar-refractivity contribution in [3.8, 4) is 0 Å². The van der Waals surface area contributed by atoms with Gasteiger partial charge in [-0.05, 0) is 6.92 Å². The van der Waals surface area contributed by atoms with E-state index in [0.29, 0.717) is 5.06 Å². The van der Waals surface area contributed by atoms with Crippen molar-refractivity contribution in [2.75, 3.05) is 13.6 Å². The molecule has 0 saturated carbocycles. The number of likely N-dealkylation sites (N-methyl/N-ethyl adjacent to an activating group) is 1. The van der Waals surface area contributed by atoms with Crippen LogP contribution in [0.5, 0.6) is 0 Å². The van der Waals surface area contributed by atoms with Crippen LogP contribution in [0.25, 0.3) is 0 Å². The van der Waals surface area contributed by atoms with Gasteiger partial charge in [0.15, 0.2) is 0 Å². The minimum atomic E-state index is -0.554. The molecule has 1 aliphatic rings. The molecule has 0 bridgehead atoms. The van der Waals surface area contributed by atoms with Gasteiger partial charge in [0.25, 0.3) is 5.91 Å². The molecule has 11 heavy (non-hydrogen) atoms. The molecule has 0 aromatic carbocycles. The van der Waals surface area contributed by atoms with Gasteiger partial charge < -0.3 is 4.90 Å². The maximum atomic E-state index is 11.0. The Morgan fingerprint density at radius 2 is 2.09 bits per heavy atom. The van der Waals surface area contributed by atoms with Crippen molar-refractivity contribution in [2.24, 2.45) is 0 Å². The topological polar surface area (TPSA) is 60.9 Å². The van der Waals surface area contributed by atoms with Gasteiger partial charge in [-0.1, -0.05) is 0 Å². The quantitative estimate of drug-likeness (QED) is 0.463. The number of hydrogen-bond acceptors (Lipinski definition) is 3. The molecule has 2 amide bonds. The van der Waals surface area contributed by atoms with Crippen LogP contribution >= 0.6 is 0 Å². The number of rotatable bonds is 0. The Labute approximate surface area is 64.1 Å². The fourth-order valence-corrected chi connectivity index (χ4v) is 0.915. The Morgan fingerprint density at radius 1 is 1.55 bits per heavy atom. The normalized spacial score (nSPS) is 26.3. The lowest BCUT2D eigenvalue weighted by molar-refractivity contribution is -0.185. The van der Waals surface area contributed by atoms with Gasteiger partial charge in [-0.2, -0.15) is 0 Å². The second kappa shape index (κ2) is 2.50. The van der Waals surface area contributed by atoms with E-state index in [2.05, 4.69) is 0 Å². The first-order chi connectivity index (χ1) is 5.04. The summed E-state index contributed by atoms with van der Waals surface area (Å²) in [6.45, 7) is 1.34. The van der Waals surface area contributed by atoms with Crippen LogP contribution in [-0.2, 0) is 9.59 Å². The molecule has 0 radical (unpaired) electrons. The van der Waals surface area contributed by atoms with E-state index in [9.17, 15) is 9.59 Å². The van der Waals surface area contributed by atoms with Crippen molar-refractivity contribution in [1.82, 2.24) is 9.96 Å². The standard InChI is InChI=1S/C6H10N2O3/c1-4-6(10)8(11)3-5(9)7(4)2/h4,11H,3H2,1-2H3/t4-/m1/s1. The Kier molecular flexibility index (Phi) is 1.82. The zero-order chi connectivity index (χ0) is 8.59. The zero-order valence-electron chi connectivity index (χ0n) is 6.44. The van der Waals surface area contributed by atoms with Crippen LogP contribution in [0.1, 0.15) is 6.92 Å². The van der Waals surface area contributed by atoms with Gasteiger partial charge in [0.05, 0.1) is 0 Å². The Bertz CT molecular complexity index is 204. The molecule has 1 aliphatic heterocycles. The molecule has 62 valence electrons. The van der Waals surface area contributed by atoms with Gasteiger partial charge in [-0.15, -0.1) is 0 Å². The van der Waals surface area contributed by atoms with Crippen molar-refractivity contribution in [2.45, 2.75) is 13.0 Å². The average Bonchev–Trinajstić information content (AvgIpc) is 1.97. The second-order valence-corrected chi connectivity index (χ2v) is 2.58. The average molecular weight is 158 g/mol. The van der Waals surface area contributed by atoms with E-state index < -0.39 is 11.9 Å². The number of piperazine rings is 1. The van der Waals surface area contributed by atoms with Crippen LogP contribution in [-0.4, -0.2) is 46.6 Å². The third-order valence-corrected chi connectivity index (χ3v) is 1.87. The van der Waals surface area contributed by atoms with E-state index in [1.807, 2.05) is 0 Å². The monoisotopic (exact) mass is 158 g/mol. The maximum Gasteiger partial charge on any atom is 0.268 e. The van der Waals surface area contributed by atoms with Crippen LogP contribution < -0.4 is 0 Å². The smallest absolute Gasteiger partial charge is 0.268 e. The summed E-state index contributed by atoms with van der Waals surface area (Å²) in [6, 6.07) is -0.554. The summed E-state index contributed by atoms with van der Waals surface area (Å²) >= 11 is 0. The molecule has 0 spiro atoms. The van der Waals surface area contributed by atoms with Crippen molar-refractivity contribution in [3.63, 3.8) is 0 Å². The maximum absolute atomic E-state index is 11.0. The van der Waals surface area contributed by atoms with Gasteiger partial charge in [-0.3, -0.25) is 14.8 Å². The van der Waals surface area contributed by atoms with E-state index in [1.54, 1.807) is 6.92 Å². The lowest BCUT2D eigenvalue weighted by atomic mass is 10.2. The molecule has 1 fully saturated rings. The van der Waals surface area contributed by atoms with Crippen molar-refractivity contribution >= 4 is 11.8 Å². The second-order valence-electron chi connectivity index (χ2n) is 2.58. The van der Waals surface area contributed by atoms with Crippen molar-refractivity contribution in [3.05, 3.63) is 0 Å². The van der Waals surface area contributed by atoms with Gasteiger partial charge in [0.2, 0.25) is 5.91 Å². The summed E-state index contributed by atoms with van der Waals surface area (Å²) in [7, 11) is 1.54. The molecule has 0 unspecified atom stereocenters. The number of carbonyl (C=O) groups is 2. The highest BCUT2D eigenvalue weighted by atomic mass is 16.5. The van der Waals surface area contributed by atoms with Gasteiger partial charge >= 0.3 is 0 Å². The third-order valence-electron chi connectivity index (χ3n) is 1.87. The molecule has 1 rings (SSSR count). The Balaban J connectivity index is 2.78. The van der Waals surface area contributed by atoms with Crippen LogP contribution in [0, 0.1) is 0 Å². The van der Waals surface area contributed by atoms with Crippen molar-refractivity contribution in [1.29, 1.82) is 0 Å². The predicted octanol–water partition coefficient (Wildman–Crippen LogP) is -0.935. The largest absolute Gasteiger partial charge is 0.332 e. The lowest BCUT2D eigenvalue weighted by Gasteiger charge is -2.32. The van der Waals surface area contributed by atoms with E-state index in [4.69, 9.17) is 5.21 Å². The highest BCUT2D eigenvalue weighted by molar-refractivity contribution is 5.93. The first kappa shape index (κ1) is 8.00. The summed E-state index contributed by atoms with van der Waals surface area (Å²) < 4.78 is 0. The summed E-state index contributed by atoms with van der Waals surface area (Å²) in [5.74, 6) is -0.688. The van der Waals surface area contributed by atoms with E-state index in [0.717, 1.165) is 0 Å². The minimum Gasteiger partial charge on any atom is -0.332 e. The summed E-state index contributed by atoms with van der Waals surface area (Å²) in [4.78, 5) is 23.2. The molecule has 1 atom stereocenters. The lowest BCUT2D eigenvalue weighted by Crippen LogP contribution is -2.56. The van der Waals surface area contributed by atoms with Gasteiger partial charge in [0.1, 0.15) is 12.6 Å². The van der Waals surface area contributed by atoms with Crippen molar-refractivity contribution < 1.29 is 14.8 Å². The predicted molar refractivity (Wildman–Crippen MR) is 35.7 cm³/mol. The number of hydroxylamine groups is 2. The first-order valence-electron chi connectivity index (χ1n) is 3.30. The number of hydrogen-bond donors (Lipinski definition) is 1. The fourth-order valence-electron chi connectivity index (χ4n) is 0.915. The van der Waals surface area contributed by atoms with Crippen LogP contribution in [0.15, 0.2) is 0 Å². The SMILES string of the molecule is C[C@@H]1C(=O)N(O)CC(=O)N1C. The molecule has 0 aromatic rings. The Morgan fingerprint density at radius 3 is 2.64 bits per heavy atom. The molecule has 0 aliphatic carbocycles. The van der Waals surface area contributed by atoms with Gasteiger partial charge in [0, 0.05) is 7.05 Å². The number of nitrogens with zero attached hydrogens (tertiary/aromatic N) is 2. The molecule has 1 heterocycles. The molecule has 5 heteroatoms. The summed E-state index contributed by atoms with van der Waals surface area (Å²) in [5, 5.41) is 9.32.